The molecule has 1 aliphatic heterocycles. The van der Waals surface area contributed by atoms with Crippen molar-refractivity contribution in [3.8, 4) is 5.75 Å². The number of ether oxygens (including phenoxy) is 2. The minimum absolute atomic E-state index is 0.132. The lowest BCUT2D eigenvalue weighted by Crippen LogP contribution is -2.21. The molecule has 3 heteroatoms. The van der Waals surface area contributed by atoms with Gasteiger partial charge in [-0.2, -0.15) is 0 Å². The van der Waals surface area contributed by atoms with Crippen LogP contribution >= 0.6 is 0 Å². The molecule has 0 aliphatic carbocycles. The maximum atomic E-state index is 13.7. The fraction of sp³-hybridized carbons (Fsp3) is 0.625. The summed E-state index contributed by atoms with van der Waals surface area (Å²) in [6.45, 7) is 6.47. The van der Waals surface area contributed by atoms with Gasteiger partial charge in [0.15, 0.2) is 0 Å². The first-order valence-corrected chi connectivity index (χ1v) is 7.20. The quantitative estimate of drug-likeness (QED) is 0.797. The van der Waals surface area contributed by atoms with E-state index in [1.165, 1.54) is 6.07 Å². The SMILES string of the molecule is CCC(C)c1cc(OCC2CCOCC2)ccc1F. The Balaban J connectivity index is 1.96. The van der Waals surface area contributed by atoms with Crippen molar-refractivity contribution in [2.45, 2.75) is 39.0 Å². The van der Waals surface area contributed by atoms with Crippen molar-refractivity contribution in [1.82, 2.24) is 0 Å². The van der Waals surface area contributed by atoms with E-state index in [9.17, 15) is 4.39 Å². The first-order valence-electron chi connectivity index (χ1n) is 7.20. The Labute approximate surface area is 114 Å². The summed E-state index contributed by atoms with van der Waals surface area (Å²) in [5.41, 5.74) is 0.756. The van der Waals surface area contributed by atoms with Crippen LogP contribution in [-0.2, 0) is 4.74 Å². The predicted molar refractivity (Wildman–Crippen MR) is 74.1 cm³/mol. The van der Waals surface area contributed by atoms with Crippen molar-refractivity contribution < 1.29 is 13.9 Å². The highest BCUT2D eigenvalue weighted by Gasteiger charge is 2.15. The van der Waals surface area contributed by atoms with Gasteiger partial charge in [0.2, 0.25) is 0 Å². The lowest BCUT2D eigenvalue weighted by atomic mass is 9.98. The van der Waals surface area contributed by atoms with Gasteiger partial charge in [-0.15, -0.1) is 0 Å². The van der Waals surface area contributed by atoms with E-state index in [1.807, 2.05) is 13.0 Å². The summed E-state index contributed by atoms with van der Waals surface area (Å²) in [5.74, 6) is 1.44. The van der Waals surface area contributed by atoms with Gasteiger partial charge >= 0.3 is 0 Å². The molecular formula is C16H23FO2. The molecule has 0 radical (unpaired) electrons. The first-order chi connectivity index (χ1) is 9.20. The molecule has 106 valence electrons. The molecule has 0 saturated carbocycles. The molecule has 1 aromatic carbocycles. The average Bonchev–Trinajstić information content (AvgIpc) is 2.46. The van der Waals surface area contributed by atoms with Gasteiger partial charge < -0.3 is 9.47 Å². The molecule has 1 heterocycles. The lowest BCUT2D eigenvalue weighted by molar-refractivity contribution is 0.0497. The Hall–Kier alpha value is -1.09. The number of halogens is 1. The van der Waals surface area contributed by atoms with E-state index in [4.69, 9.17) is 9.47 Å². The lowest BCUT2D eigenvalue weighted by Gasteiger charge is -2.22. The summed E-state index contributed by atoms with van der Waals surface area (Å²) in [6, 6.07) is 5.09. The maximum absolute atomic E-state index is 13.7. The van der Waals surface area contributed by atoms with Gasteiger partial charge in [-0.3, -0.25) is 0 Å². The smallest absolute Gasteiger partial charge is 0.126 e. The number of rotatable bonds is 5. The number of benzene rings is 1. The highest BCUT2D eigenvalue weighted by atomic mass is 19.1. The second-order valence-corrected chi connectivity index (χ2v) is 5.36. The van der Waals surface area contributed by atoms with Gasteiger partial charge in [-0.05, 0) is 54.9 Å². The minimum Gasteiger partial charge on any atom is -0.493 e. The fourth-order valence-electron chi connectivity index (χ4n) is 2.34. The van der Waals surface area contributed by atoms with Crippen LogP contribution < -0.4 is 4.74 Å². The van der Waals surface area contributed by atoms with E-state index in [1.54, 1.807) is 6.07 Å². The van der Waals surface area contributed by atoms with E-state index in [2.05, 4.69) is 6.92 Å². The molecular weight excluding hydrogens is 243 g/mol. The van der Waals surface area contributed by atoms with Crippen molar-refractivity contribution in [1.29, 1.82) is 0 Å². The summed E-state index contributed by atoms with van der Waals surface area (Å²) in [7, 11) is 0. The van der Waals surface area contributed by atoms with Crippen LogP contribution in [0.1, 0.15) is 44.6 Å². The minimum atomic E-state index is -0.132. The molecule has 2 nitrogen and oxygen atoms in total. The number of hydrogen-bond donors (Lipinski definition) is 0. The van der Waals surface area contributed by atoms with E-state index >= 15 is 0 Å². The monoisotopic (exact) mass is 266 g/mol. The van der Waals surface area contributed by atoms with Crippen molar-refractivity contribution in [2.75, 3.05) is 19.8 Å². The Bertz CT molecular complexity index is 400. The Morgan fingerprint density at radius 1 is 1.37 bits per heavy atom. The molecule has 19 heavy (non-hydrogen) atoms. The van der Waals surface area contributed by atoms with E-state index in [-0.39, 0.29) is 11.7 Å². The summed E-state index contributed by atoms with van der Waals surface area (Å²) in [6.07, 6.45) is 3.04. The molecule has 1 saturated heterocycles. The van der Waals surface area contributed by atoms with Gasteiger partial charge in [-0.25, -0.2) is 4.39 Å². The molecule has 1 aliphatic rings. The van der Waals surface area contributed by atoms with Crippen molar-refractivity contribution in [2.24, 2.45) is 5.92 Å². The summed E-state index contributed by atoms with van der Waals surface area (Å²) < 4.78 is 24.9. The standard InChI is InChI=1S/C16H23FO2/c1-3-12(2)15-10-14(4-5-16(15)17)19-11-13-6-8-18-9-7-13/h4-5,10,12-13H,3,6-9,11H2,1-2H3. The van der Waals surface area contributed by atoms with Crippen molar-refractivity contribution >= 4 is 0 Å². The van der Waals surface area contributed by atoms with E-state index < -0.39 is 0 Å². The van der Waals surface area contributed by atoms with Gasteiger partial charge in [0.05, 0.1) is 6.61 Å². The Morgan fingerprint density at radius 2 is 2.11 bits per heavy atom. The molecule has 1 aromatic rings. The molecule has 2 rings (SSSR count). The highest BCUT2D eigenvalue weighted by Crippen LogP contribution is 2.26. The van der Waals surface area contributed by atoms with Crippen LogP contribution in [0.2, 0.25) is 0 Å². The summed E-state index contributed by atoms with van der Waals surface area (Å²) >= 11 is 0. The molecule has 0 spiro atoms. The van der Waals surface area contributed by atoms with Crippen LogP contribution in [-0.4, -0.2) is 19.8 Å². The average molecular weight is 266 g/mol. The molecule has 1 atom stereocenters. The van der Waals surface area contributed by atoms with Gasteiger partial charge in [0.25, 0.3) is 0 Å². The number of hydrogen-bond acceptors (Lipinski definition) is 2. The topological polar surface area (TPSA) is 18.5 Å². The maximum Gasteiger partial charge on any atom is 0.126 e. The third-order valence-electron chi connectivity index (χ3n) is 3.94. The molecule has 0 aromatic heterocycles. The molecule has 1 fully saturated rings. The first kappa shape index (κ1) is 14.3. The molecule has 0 bridgehead atoms. The van der Waals surface area contributed by atoms with Gasteiger partial charge in [0.1, 0.15) is 11.6 Å². The Kier molecular flexibility index (Phi) is 5.20. The van der Waals surface area contributed by atoms with Crippen LogP contribution in [0.4, 0.5) is 4.39 Å². The Morgan fingerprint density at radius 3 is 2.79 bits per heavy atom. The zero-order valence-corrected chi connectivity index (χ0v) is 11.8. The fourth-order valence-corrected chi connectivity index (χ4v) is 2.34. The summed E-state index contributed by atoms with van der Waals surface area (Å²) in [4.78, 5) is 0. The zero-order valence-electron chi connectivity index (χ0n) is 11.8. The van der Waals surface area contributed by atoms with Crippen LogP contribution in [0.15, 0.2) is 18.2 Å². The van der Waals surface area contributed by atoms with Gasteiger partial charge in [-0.1, -0.05) is 13.8 Å². The largest absolute Gasteiger partial charge is 0.493 e. The van der Waals surface area contributed by atoms with Gasteiger partial charge in [0, 0.05) is 13.2 Å². The normalized spacial score (nSPS) is 18.3. The third-order valence-corrected chi connectivity index (χ3v) is 3.94. The predicted octanol–water partition coefficient (Wildman–Crippen LogP) is 4.14. The van der Waals surface area contributed by atoms with Crippen LogP contribution in [0.5, 0.6) is 5.75 Å². The van der Waals surface area contributed by atoms with Crippen LogP contribution in [0, 0.1) is 11.7 Å². The second kappa shape index (κ2) is 6.90. The van der Waals surface area contributed by atoms with Crippen LogP contribution in [0.25, 0.3) is 0 Å². The van der Waals surface area contributed by atoms with Crippen molar-refractivity contribution in [3.05, 3.63) is 29.6 Å². The zero-order chi connectivity index (χ0) is 13.7. The molecule has 0 amide bonds. The molecule has 0 N–H and O–H groups in total. The summed E-state index contributed by atoms with van der Waals surface area (Å²) in [5, 5.41) is 0. The van der Waals surface area contributed by atoms with Crippen molar-refractivity contribution in [3.63, 3.8) is 0 Å². The van der Waals surface area contributed by atoms with E-state index in [0.717, 1.165) is 43.8 Å². The van der Waals surface area contributed by atoms with Crippen LogP contribution in [0.3, 0.4) is 0 Å². The molecule has 1 unspecified atom stereocenters. The third kappa shape index (κ3) is 3.93. The van der Waals surface area contributed by atoms with E-state index in [0.29, 0.717) is 12.5 Å². The second-order valence-electron chi connectivity index (χ2n) is 5.36. The highest BCUT2D eigenvalue weighted by molar-refractivity contribution is 5.32.